The summed E-state index contributed by atoms with van der Waals surface area (Å²) in [6.07, 6.45) is -13.4. The lowest BCUT2D eigenvalue weighted by molar-refractivity contribution is -0.248. The SMILES string of the molecule is COCCOCC(=O)N[C@H]1C(O)[C@@H](O)C(CO)O[C@@H]1OP(=O)(O)OP(=O)(O)OCC1OC(n2ccc(=O)[nH]c2=O)[C@H](O)[C@@H]1O. The van der Waals surface area contributed by atoms with Gasteiger partial charge in [-0.15, -0.1) is 0 Å². The summed E-state index contributed by atoms with van der Waals surface area (Å²) in [6.45, 7) is -2.43. The van der Waals surface area contributed by atoms with Crippen molar-refractivity contribution in [2.24, 2.45) is 0 Å². The lowest BCUT2D eigenvalue weighted by Gasteiger charge is -2.42. The third kappa shape index (κ3) is 9.53. The summed E-state index contributed by atoms with van der Waals surface area (Å²) in [5, 5.41) is 52.7. The van der Waals surface area contributed by atoms with Gasteiger partial charge in [0, 0.05) is 19.4 Å². The van der Waals surface area contributed by atoms with Crippen molar-refractivity contribution in [2.75, 3.05) is 40.1 Å². The second-order valence-electron chi connectivity index (χ2n) is 9.33. The minimum Gasteiger partial charge on any atom is -0.394 e. The van der Waals surface area contributed by atoms with Crippen molar-refractivity contribution in [1.82, 2.24) is 14.9 Å². The molecule has 3 heterocycles. The first-order chi connectivity index (χ1) is 20.6. The van der Waals surface area contributed by atoms with Crippen LogP contribution in [-0.2, 0) is 46.2 Å². The zero-order chi connectivity index (χ0) is 32.8. The molecule has 2 aliphatic rings. The third-order valence-electron chi connectivity index (χ3n) is 6.18. The standard InChI is InChI=1S/C20H33N3O19P2/c1-36-4-5-37-8-12(26)21-13-16(29)14(27)9(6-24)40-19(13)41-44(34,35)42-43(32,33)38-7-10-15(28)17(30)18(39-10)23-3-2-11(25)22-20(23)31/h2-3,9-10,13-19,24,27-30H,4-8H2,1H3,(H,21,26)(H,32,33)(H,34,35)(H,22,25,31)/t9?,10?,13-,14-,15+,16?,17+,18?,19+/m0/s1. The van der Waals surface area contributed by atoms with E-state index in [9.17, 15) is 58.8 Å². The van der Waals surface area contributed by atoms with Gasteiger partial charge in [0.1, 0.15) is 49.3 Å². The highest BCUT2D eigenvalue weighted by Crippen LogP contribution is 2.61. The molecule has 24 heteroatoms. The Balaban J connectivity index is 1.64. The van der Waals surface area contributed by atoms with Gasteiger partial charge in [0.25, 0.3) is 5.56 Å². The number of aliphatic hydroxyl groups is 5. The van der Waals surface area contributed by atoms with Crippen molar-refractivity contribution in [1.29, 1.82) is 0 Å². The zero-order valence-corrected chi connectivity index (χ0v) is 24.5. The molecule has 3 rings (SSSR count). The highest BCUT2D eigenvalue weighted by molar-refractivity contribution is 7.61. The van der Waals surface area contributed by atoms with Crippen LogP contribution in [0, 0.1) is 0 Å². The van der Waals surface area contributed by atoms with Gasteiger partial charge in [0.15, 0.2) is 12.5 Å². The maximum absolute atomic E-state index is 12.6. The number of aliphatic hydroxyl groups excluding tert-OH is 5. The Hall–Kier alpha value is -1.95. The predicted octanol–water partition coefficient (Wildman–Crippen LogP) is -5.01. The van der Waals surface area contributed by atoms with Crippen LogP contribution in [0.1, 0.15) is 6.23 Å². The maximum Gasteiger partial charge on any atom is 0.483 e. The topological polar surface area (TPSA) is 324 Å². The molecular formula is C20H33N3O19P2. The molecule has 0 aliphatic carbocycles. The average molecular weight is 681 g/mol. The number of rotatable bonds is 15. The molecule has 9 N–H and O–H groups in total. The Bertz CT molecular complexity index is 1330. The molecule has 0 aromatic carbocycles. The molecule has 2 saturated heterocycles. The summed E-state index contributed by atoms with van der Waals surface area (Å²) in [4.78, 5) is 57.6. The molecule has 11 atom stereocenters. The fourth-order valence-electron chi connectivity index (χ4n) is 4.06. The summed E-state index contributed by atoms with van der Waals surface area (Å²) >= 11 is 0. The molecule has 2 fully saturated rings. The third-order valence-corrected chi connectivity index (χ3v) is 8.78. The van der Waals surface area contributed by atoms with Gasteiger partial charge in [-0.05, 0) is 0 Å². The number of aromatic amines is 1. The van der Waals surface area contributed by atoms with Crippen LogP contribution in [0.5, 0.6) is 0 Å². The molecule has 22 nitrogen and oxygen atoms in total. The van der Waals surface area contributed by atoms with E-state index in [0.717, 1.165) is 16.8 Å². The second kappa shape index (κ2) is 15.6. The first kappa shape index (κ1) is 36.5. The number of H-pyrrole nitrogens is 1. The van der Waals surface area contributed by atoms with Crippen molar-refractivity contribution in [3.63, 3.8) is 0 Å². The summed E-state index contributed by atoms with van der Waals surface area (Å²) < 4.78 is 59.6. The summed E-state index contributed by atoms with van der Waals surface area (Å²) in [5.41, 5.74) is -1.77. The number of ether oxygens (including phenoxy) is 4. The molecule has 0 saturated carbocycles. The summed E-state index contributed by atoms with van der Waals surface area (Å²) in [7, 11) is -9.89. The number of nitrogens with zero attached hydrogens (tertiary/aromatic N) is 1. The molecule has 6 unspecified atom stereocenters. The quantitative estimate of drug-likeness (QED) is 0.0618. The Kier molecular flexibility index (Phi) is 12.9. The number of amides is 1. The van der Waals surface area contributed by atoms with Gasteiger partial charge in [-0.25, -0.2) is 13.9 Å². The smallest absolute Gasteiger partial charge is 0.394 e. The van der Waals surface area contributed by atoms with Crippen LogP contribution < -0.4 is 16.6 Å². The van der Waals surface area contributed by atoms with E-state index in [2.05, 4.69) is 14.2 Å². The molecule has 0 spiro atoms. The fourth-order valence-corrected chi connectivity index (χ4v) is 6.22. The Labute approximate surface area is 246 Å². The molecule has 44 heavy (non-hydrogen) atoms. The molecule has 1 aromatic rings. The van der Waals surface area contributed by atoms with Gasteiger partial charge in [-0.3, -0.25) is 28.2 Å². The van der Waals surface area contributed by atoms with Gasteiger partial charge >= 0.3 is 21.3 Å². The van der Waals surface area contributed by atoms with Crippen molar-refractivity contribution in [2.45, 2.75) is 55.2 Å². The number of nitrogens with one attached hydrogen (secondary N) is 2. The van der Waals surface area contributed by atoms with E-state index < -0.39 is 108 Å². The minimum absolute atomic E-state index is 0.00241. The lowest BCUT2D eigenvalue weighted by atomic mass is 9.97. The highest BCUT2D eigenvalue weighted by Gasteiger charge is 2.50. The zero-order valence-electron chi connectivity index (χ0n) is 22.8. The average Bonchev–Trinajstić information content (AvgIpc) is 3.22. The van der Waals surface area contributed by atoms with Gasteiger partial charge in [0.2, 0.25) is 5.91 Å². The summed E-state index contributed by atoms with van der Waals surface area (Å²) in [5.74, 6) is -0.915. The lowest BCUT2D eigenvalue weighted by Crippen LogP contribution is -2.64. The first-order valence-corrected chi connectivity index (χ1v) is 15.6. The maximum atomic E-state index is 12.6. The number of phosphoric ester groups is 2. The first-order valence-electron chi connectivity index (χ1n) is 12.6. The summed E-state index contributed by atoms with van der Waals surface area (Å²) in [6, 6.07) is -0.876. The van der Waals surface area contributed by atoms with Crippen LogP contribution in [0.3, 0.4) is 0 Å². The minimum atomic E-state index is -5.71. The molecule has 1 amide bonds. The number of aromatic nitrogens is 2. The second-order valence-corrected chi connectivity index (χ2v) is 12.3. The number of carbonyl (C=O) groups is 1. The van der Waals surface area contributed by atoms with E-state index in [1.54, 1.807) is 0 Å². The highest BCUT2D eigenvalue weighted by atomic mass is 31.3. The monoisotopic (exact) mass is 681 g/mol. The fraction of sp³-hybridized carbons (Fsp3) is 0.750. The number of hydrogen-bond donors (Lipinski definition) is 9. The molecule has 0 radical (unpaired) electrons. The van der Waals surface area contributed by atoms with Gasteiger partial charge in [-0.2, -0.15) is 4.31 Å². The Morgan fingerprint density at radius 2 is 1.70 bits per heavy atom. The molecule has 2 aliphatic heterocycles. The predicted molar refractivity (Wildman–Crippen MR) is 137 cm³/mol. The van der Waals surface area contributed by atoms with E-state index in [1.807, 2.05) is 4.98 Å². The largest absolute Gasteiger partial charge is 0.483 e. The van der Waals surface area contributed by atoms with Crippen LogP contribution in [0.15, 0.2) is 21.9 Å². The molecule has 252 valence electrons. The number of carbonyl (C=O) groups excluding carboxylic acids is 1. The number of methoxy groups -OCH3 is 1. The van der Waals surface area contributed by atoms with E-state index in [0.29, 0.717) is 0 Å². The van der Waals surface area contributed by atoms with Gasteiger partial charge in [-0.1, -0.05) is 0 Å². The number of phosphoric acid groups is 2. The van der Waals surface area contributed by atoms with Crippen molar-refractivity contribution in [3.05, 3.63) is 33.1 Å². The van der Waals surface area contributed by atoms with E-state index in [-0.39, 0.29) is 13.2 Å². The van der Waals surface area contributed by atoms with Crippen LogP contribution >= 0.6 is 15.6 Å². The normalized spacial score (nSPS) is 33.4. The Morgan fingerprint density at radius 1 is 1.02 bits per heavy atom. The van der Waals surface area contributed by atoms with Crippen LogP contribution in [-0.4, -0.2) is 140 Å². The van der Waals surface area contributed by atoms with Crippen molar-refractivity contribution in [3.8, 4) is 0 Å². The van der Waals surface area contributed by atoms with E-state index >= 15 is 0 Å². The molecule has 1 aromatic heterocycles. The van der Waals surface area contributed by atoms with Gasteiger partial charge < -0.3 is 59.6 Å². The number of hydrogen-bond acceptors (Lipinski definition) is 17. The van der Waals surface area contributed by atoms with Gasteiger partial charge in [0.05, 0.1) is 26.4 Å². The Morgan fingerprint density at radius 3 is 2.34 bits per heavy atom. The molecular weight excluding hydrogens is 648 g/mol. The van der Waals surface area contributed by atoms with Crippen molar-refractivity contribution >= 4 is 21.6 Å². The van der Waals surface area contributed by atoms with E-state index in [4.69, 9.17) is 23.5 Å². The molecule has 0 bridgehead atoms. The van der Waals surface area contributed by atoms with E-state index in [1.165, 1.54) is 7.11 Å². The van der Waals surface area contributed by atoms with Crippen LogP contribution in [0.4, 0.5) is 0 Å². The van der Waals surface area contributed by atoms with Crippen LogP contribution in [0.2, 0.25) is 0 Å². The van der Waals surface area contributed by atoms with Crippen molar-refractivity contribution < 1.29 is 81.5 Å². The van der Waals surface area contributed by atoms with Crippen LogP contribution in [0.25, 0.3) is 0 Å².